The van der Waals surface area contributed by atoms with Gasteiger partial charge >= 0.3 is 0 Å². The molecule has 1 amide bonds. The number of likely N-dealkylation sites (tertiary alicyclic amines) is 1. The summed E-state index contributed by atoms with van der Waals surface area (Å²) < 4.78 is 27.9. The van der Waals surface area contributed by atoms with E-state index in [-0.39, 0.29) is 16.8 Å². The number of carbonyl (C=O) groups is 1. The molecule has 160 valence electrons. The van der Waals surface area contributed by atoms with E-state index < -0.39 is 10.0 Å². The maximum absolute atomic E-state index is 12.9. The zero-order valence-corrected chi connectivity index (χ0v) is 19.0. The summed E-state index contributed by atoms with van der Waals surface area (Å²) in [6.45, 7) is 0.801. The molecule has 3 aromatic rings. The number of aromatic nitrogens is 2. The van der Waals surface area contributed by atoms with Crippen molar-refractivity contribution < 1.29 is 13.2 Å². The van der Waals surface area contributed by atoms with Gasteiger partial charge in [0.15, 0.2) is 0 Å². The molecule has 1 aliphatic heterocycles. The summed E-state index contributed by atoms with van der Waals surface area (Å²) in [5.74, 6) is 0.929. The lowest BCUT2D eigenvalue weighted by Gasteiger charge is -2.24. The number of aryl methyl sites for hydroxylation is 2. The molecular formula is C21H26N4O3S2. The number of hydrogen-bond acceptors (Lipinski definition) is 5. The van der Waals surface area contributed by atoms with Crippen molar-refractivity contribution in [2.45, 2.75) is 36.6 Å². The molecule has 0 spiro atoms. The van der Waals surface area contributed by atoms with Crippen LogP contribution in [0.3, 0.4) is 0 Å². The van der Waals surface area contributed by atoms with E-state index in [4.69, 9.17) is 0 Å². The van der Waals surface area contributed by atoms with Crippen LogP contribution < -0.4 is 0 Å². The van der Waals surface area contributed by atoms with Gasteiger partial charge in [0.1, 0.15) is 5.82 Å². The van der Waals surface area contributed by atoms with Crippen molar-refractivity contribution in [2.75, 3.05) is 20.6 Å². The van der Waals surface area contributed by atoms with E-state index in [0.717, 1.165) is 30.7 Å². The second kappa shape index (κ2) is 8.13. The SMILES string of the molecule is CN(C)S(=O)(=O)c1ccc2c(c1)nc(CCC(=O)N1CCCC1c1cccs1)n2C. The smallest absolute Gasteiger partial charge is 0.242 e. The predicted octanol–water partition coefficient (Wildman–Crippen LogP) is 3.18. The highest BCUT2D eigenvalue weighted by Gasteiger charge is 2.30. The number of fused-ring (bicyclic) bond motifs is 1. The molecule has 1 atom stereocenters. The third kappa shape index (κ3) is 3.77. The summed E-state index contributed by atoms with van der Waals surface area (Å²) in [6.07, 6.45) is 2.96. The first kappa shape index (κ1) is 21.0. The molecule has 1 saturated heterocycles. The van der Waals surface area contributed by atoms with Gasteiger partial charge in [0.05, 0.1) is 22.0 Å². The van der Waals surface area contributed by atoms with Crippen molar-refractivity contribution in [1.29, 1.82) is 0 Å². The molecule has 2 aromatic heterocycles. The molecule has 1 aromatic carbocycles. The quantitative estimate of drug-likeness (QED) is 0.583. The zero-order valence-electron chi connectivity index (χ0n) is 17.4. The van der Waals surface area contributed by atoms with Gasteiger partial charge in [-0.05, 0) is 42.5 Å². The first-order chi connectivity index (χ1) is 14.3. The molecule has 1 unspecified atom stereocenters. The summed E-state index contributed by atoms with van der Waals surface area (Å²) in [4.78, 5) is 21.0. The number of thiophene rings is 1. The van der Waals surface area contributed by atoms with E-state index in [0.29, 0.717) is 18.4 Å². The third-order valence-corrected chi connectivity index (χ3v) is 8.52. The van der Waals surface area contributed by atoms with Gasteiger partial charge in [0, 0.05) is 45.4 Å². The molecule has 1 aliphatic rings. The molecule has 0 bridgehead atoms. The second-order valence-corrected chi connectivity index (χ2v) is 10.9. The first-order valence-corrected chi connectivity index (χ1v) is 12.3. The van der Waals surface area contributed by atoms with E-state index in [1.54, 1.807) is 29.5 Å². The van der Waals surface area contributed by atoms with Crippen LogP contribution in [0.25, 0.3) is 11.0 Å². The van der Waals surface area contributed by atoms with Crippen molar-refractivity contribution in [1.82, 2.24) is 18.8 Å². The van der Waals surface area contributed by atoms with E-state index >= 15 is 0 Å². The number of carbonyl (C=O) groups excluding carboxylic acids is 1. The summed E-state index contributed by atoms with van der Waals surface area (Å²) in [5.41, 5.74) is 1.48. The Morgan fingerprint density at radius 1 is 1.30 bits per heavy atom. The molecule has 0 radical (unpaired) electrons. The Hall–Kier alpha value is -2.23. The van der Waals surface area contributed by atoms with Gasteiger partial charge in [0.2, 0.25) is 15.9 Å². The summed E-state index contributed by atoms with van der Waals surface area (Å²) in [5, 5.41) is 2.06. The van der Waals surface area contributed by atoms with Crippen molar-refractivity contribution >= 4 is 38.3 Å². The van der Waals surface area contributed by atoms with Crippen LogP contribution in [0.2, 0.25) is 0 Å². The van der Waals surface area contributed by atoms with Crippen molar-refractivity contribution in [3.05, 3.63) is 46.4 Å². The summed E-state index contributed by atoms with van der Waals surface area (Å²) in [7, 11) is 1.41. The van der Waals surface area contributed by atoms with Crippen LogP contribution in [0, 0.1) is 0 Å². The zero-order chi connectivity index (χ0) is 21.5. The topological polar surface area (TPSA) is 75.5 Å². The number of amides is 1. The highest BCUT2D eigenvalue weighted by molar-refractivity contribution is 7.89. The molecule has 4 rings (SSSR count). The fourth-order valence-electron chi connectivity index (χ4n) is 4.03. The summed E-state index contributed by atoms with van der Waals surface area (Å²) >= 11 is 1.70. The van der Waals surface area contributed by atoms with Gasteiger partial charge < -0.3 is 9.47 Å². The molecule has 9 heteroatoms. The average Bonchev–Trinajstić information content (AvgIpc) is 3.46. The number of benzene rings is 1. The van der Waals surface area contributed by atoms with Gasteiger partial charge in [0.25, 0.3) is 0 Å². The minimum absolute atomic E-state index is 0.147. The Morgan fingerprint density at radius 2 is 2.10 bits per heavy atom. The number of rotatable bonds is 6. The number of hydrogen-bond donors (Lipinski definition) is 0. The van der Waals surface area contributed by atoms with Crippen LogP contribution in [0.15, 0.2) is 40.6 Å². The van der Waals surface area contributed by atoms with Gasteiger partial charge in [-0.1, -0.05) is 6.07 Å². The summed E-state index contributed by atoms with van der Waals surface area (Å²) in [6, 6.07) is 9.30. The minimum atomic E-state index is -3.51. The van der Waals surface area contributed by atoms with Gasteiger partial charge in [-0.15, -0.1) is 11.3 Å². The third-order valence-electron chi connectivity index (χ3n) is 5.73. The molecule has 0 aliphatic carbocycles. The Balaban J connectivity index is 1.51. The standard InChI is InChI=1S/C21H26N4O3S2/c1-23(2)30(27,28)15-8-9-17-16(14-15)22-20(24(17)3)10-11-21(26)25-12-4-6-18(25)19-7-5-13-29-19/h5,7-9,13-14,18H,4,6,10-12H2,1-3H3. The lowest BCUT2D eigenvalue weighted by Crippen LogP contribution is -2.30. The fraction of sp³-hybridized carbons (Fsp3) is 0.429. The van der Waals surface area contributed by atoms with Gasteiger partial charge in [-0.25, -0.2) is 17.7 Å². The fourth-order valence-corrected chi connectivity index (χ4v) is 5.82. The predicted molar refractivity (Wildman–Crippen MR) is 118 cm³/mol. The molecular weight excluding hydrogens is 420 g/mol. The maximum Gasteiger partial charge on any atom is 0.242 e. The van der Waals surface area contributed by atoms with E-state index in [1.165, 1.54) is 23.3 Å². The van der Waals surface area contributed by atoms with Crippen molar-refractivity contribution in [3.63, 3.8) is 0 Å². The highest BCUT2D eigenvalue weighted by atomic mass is 32.2. The van der Waals surface area contributed by atoms with E-state index in [9.17, 15) is 13.2 Å². The van der Waals surface area contributed by atoms with E-state index in [2.05, 4.69) is 16.4 Å². The molecule has 0 saturated carbocycles. The second-order valence-electron chi connectivity index (χ2n) is 7.79. The first-order valence-electron chi connectivity index (χ1n) is 10.00. The molecule has 1 fully saturated rings. The highest BCUT2D eigenvalue weighted by Crippen LogP contribution is 2.35. The van der Waals surface area contributed by atoms with Crippen LogP contribution in [-0.2, 0) is 28.3 Å². The molecule has 7 nitrogen and oxygen atoms in total. The lowest BCUT2D eigenvalue weighted by molar-refractivity contribution is -0.132. The van der Waals surface area contributed by atoms with E-state index in [1.807, 2.05) is 22.6 Å². The number of imidazole rings is 1. The average molecular weight is 447 g/mol. The monoisotopic (exact) mass is 446 g/mol. The minimum Gasteiger partial charge on any atom is -0.335 e. The molecule has 3 heterocycles. The number of nitrogens with zero attached hydrogens (tertiary/aromatic N) is 4. The largest absolute Gasteiger partial charge is 0.335 e. The Morgan fingerprint density at radius 3 is 2.80 bits per heavy atom. The maximum atomic E-state index is 12.9. The normalized spacial score (nSPS) is 17.3. The van der Waals surface area contributed by atoms with Crippen LogP contribution >= 0.6 is 11.3 Å². The van der Waals surface area contributed by atoms with Crippen LogP contribution in [-0.4, -0.2) is 53.7 Å². The molecule has 30 heavy (non-hydrogen) atoms. The van der Waals surface area contributed by atoms with Crippen LogP contribution in [0.5, 0.6) is 0 Å². The van der Waals surface area contributed by atoms with Crippen LogP contribution in [0.1, 0.15) is 36.0 Å². The Bertz CT molecular complexity index is 1170. The van der Waals surface area contributed by atoms with Gasteiger partial charge in [-0.3, -0.25) is 4.79 Å². The van der Waals surface area contributed by atoms with Crippen molar-refractivity contribution in [3.8, 4) is 0 Å². The lowest BCUT2D eigenvalue weighted by atomic mass is 10.1. The molecule has 0 N–H and O–H groups in total. The van der Waals surface area contributed by atoms with Crippen LogP contribution in [0.4, 0.5) is 0 Å². The van der Waals surface area contributed by atoms with Gasteiger partial charge in [-0.2, -0.15) is 0 Å². The van der Waals surface area contributed by atoms with Crippen molar-refractivity contribution in [2.24, 2.45) is 7.05 Å². The Kier molecular flexibility index (Phi) is 5.69. The Labute approximate surface area is 181 Å². The number of sulfonamides is 1.